The summed E-state index contributed by atoms with van der Waals surface area (Å²) < 4.78 is 2.16. The van der Waals surface area contributed by atoms with E-state index in [4.69, 9.17) is 16.6 Å². The summed E-state index contributed by atoms with van der Waals surface area (Å²) in [4.78, 5) is 9.16. The number of aromatic nitrogens is 3. The number of anilines is 1. The van der Waals surface area contributed by atoms with E-state index in [-0.39, 0.29) is 12.1 Å². The summed E-state index contributed by atoms with van der Waals surface area (Å²) in [6.07, 6.45) is 7.07. The highest BCUT2D eigenvalue weighted by Gasteiger charge is 2.22. The van der Waals surface area contributed by atoms with Crippen molar-refractivity contribution in [2.24, 2.45) is 0 Å². The highest BCUT2D eigenvalue weighted by Crippen LogP contribution is 2.35. The summed E-state index contributed by atoms with van der Waals surface area (Å²) in [6, 6.07) is 18.7. The molecule has 1 aliphatic rings. The van der Waals surface area contributed by atoms with Gasteiger partial charge in [0.15, 0.2) is 0 Å². The molecule has 0 aliphatic heterocycles. The van der Waals surface area contributed by atoms with E-state index in [9.17, 15) is 5.11 Å². The molecule has 6 heteroatoms. The first kappa shape index (κ1) is 19.1. The fourth-order valence-corrected chi connectivity index (χ4v) is 4.47. The van der Waals surface area contributed by atoms with Gasteiger partial charge in [0.25, 0.3) is 0 Å². The van der Waals surface area contributed by atoms with E-state index in [2.05, 4.69) is 45.3 Å². The lowest BCUT2D eigenvalue weighted by atomic mass is 9.93. The van der Waals surface area contributed by atoms with Crippen molar-refractivity contribution in [1.82, 2.24) is 14.5 Å². The molecule has 2 atom stereocenters. The van der Waals surface area contributed by atoms with Crippen LogP contribution in [0.4, 0.5) is 5.95 Å². The van der Waals surface area contributed by atoms with Crippen LogP contribution in [-0.2, 0) is 0 Å². The zero-order valence-electron chi connectivity index (χ0n) is 16.5. The van der Waals surface area contributed by atoms with Crippen molar-refractivity contribution in [3.8, 4) is 16.9 Å². The van der Waals surface area contributed by atoms with Crippen LogP contribution in [0.2, 0.25) is 5.02 Å². The zero-order valence-corrected chi connectivity index (χ0v) is 17.3. The van der Waals surface area contributed by atoms with Crippen molar-refractivity contribution in [2.45, 2.75) is 37.8 Å². The number of fused-ring (bicyclic) bond motifs is 1. The maximum atomic E-state index is 9.96. The molecular formula is C24H23ClN4O. The molecule has 0 spiro atoms. The first-order chi connectivity index (χ1) is 14.7. The Hall–Kier alpha value is -2.89. The van der Waals surface area contributed by atoms with Crippen molar-refractivity contribution < 1.29 is 5.11 Å². The summed E-state index contributed by atoms with van der Waals surface area (Å²) in [5.74, 6) is 0.546. The first-order valence-corrected chi connectivity index (χ1v) is 10.7. The van der Waals surface area contributed by atoms with Crippen molar-refractivity contribution in [3.63, 3.8) is 0 Å². The van der Waals surface area contributed by atoms with Gasteiger partial charge in [0.2, 0.25) is 5.95 Å². The van der Waals surface area contributed by atoms with Crippen LogP contribution in [0.15, 0.2) is 67.0 Å². The number of rotatable bonds is 4. The minimum absolute atomic E-state index is 0.174. The number of hydrogen-bond acceptors (Lipinski definition) is 4. The highest BCUT2D eigenvalue weighted by molar-refractivity contribution is 6.33. The molecule has 0 unspecified atom stereocenters. The minimum Gasteiger partial charge on any atom is -0.393 e. The summed E-state index contributed by atoms with van der Waals surface area (Å²) in [5.41, 5.74) is 3.85. The first-order valence-electron chi connectivity index (χ1n) is 10.3. The fraction of sp³-hybridized carbons (Fsp3) is 0.250. The second-order valence-corrected chi connectivity index (χ2v) is 8.22. The Morgan fingerprint density at radius 3 is 2.67 bits per heavy atom. The fourth-order valence-electron chi connectivity index (χ4n) is 4.27. The molecule has 0 radical (unpaired) electrons. The average molecular weight is 419 g/mol. The normalized spacial score (nSPS) is 19.1. The molecule has 1 fully saturated rings. The van der Waals surface area contributed by atoms with E-state index in [0.717, 1.165) is 41.4 Å². The molecule has 4 aromatic rings. The molecule has 0 saturated heterocycles. The number of halogens is 1. The van der Waals surface area contributed by atoms with Gasteiger partial charge in [0.1, 0.15) is 0 Å². The minimum atomic E-state index is -0.258. The van der Waals surface area contributed by atoms with Crippen LogP contribution < -0.4 is 5.32 Å². The standard InChI is InChI=1S/C24H23ClN4O/c25-21-14-26-24(27-16-7-6-10-18(30)13-16)28-23(21)20-15-29(17-8-2-1-3-9-17)22-12-5-4-11-19(20)22/h1-5,8-9,11-12,14-16,18,30H,6-7,10,13H2,(H,26,27,28)/t16-,18-/m1/s1. The Labute approximate surface area is 180 Å². The molecule has 30 heavy (non-hydrogen) atoms. The van der Waals surface area contributed by atoms with Crippen molar-refractivity contribution >= 4 is 28.5 Å². The Morgan fingerprint density at radius 1 is 1.03 bits per heavy atom. The van der Waals surface area contributed by atoms with Gasteiger partial charge >= 0.3 is 0 Å². The number of benzene rings is 2. The van der Waals surface area contributed by atoms with Gasteiger partial charge in [-0.05, 0) is 43.9 Å². The predicted octanol–water partition coefficient (Wildman–Crippen LogP) is 5.46. The summed E-state index contributed by atoms with van der Waals surface area (Å²) in [7, 11) is 0. The smallest absolute Gasteiger partial charge is 0.223 e. The molecule has 5 rings (SSSR count). The van der Waals surface area contributed by atoms with E-state index < -0.39 is 0 Å². The SMILES string of the molecule is O[C@@H]1CCC[C@@H](Nc2ncc(Cl)c(-c3cn(-c4ccccc4)c4ccccc34)n2)C1. The number of nitrogens with zero attached hydrogens (tertiary/aromatic N) is 3. The third-order valence-corrected chi connectivity index (χ3v) is 6.00. The van der Waals surface area contributed by atoms with Crippen LogP contribution >= 0.6 is 11.6 Å². The second kappa shape index (κ2) is 8.09. The number of aliphatic hydroxyl groups is 1. The Kier molecular flexibility index (Phi) is 5.15. The summed E-state index contributed by atoms with van der Waals surface area (Å²) in [5, 5.41) is 14.9. The molecule has 2 heterocycles. The molecule has 5 nitrogen and oxygen atoms in total. The van der Waals surface area contributed by atoms with Crippen molar-refractivity contribution in [2.75, 3.05) is 5.32 Å². The topological polar surface area (TPSA) is 63.0 Å². The van der Waals surface area contributed by atoms with Gasteiger partial charge in [0.05, 0.1) is 28.5 Å². The monoisotopic (exact) mass is 418 g/mol. The van der Waals surface area contributed by atoms with Crippen molar-refractivity contribution in [3.05, 3.63) is 72.0 Å². The predicted molar refractivity (Wildman–Crippen MR) is 121 cm³/mol. The third kappa shape index (κ3) is 3.66. The molecule has 152 valence electrons. The molecule has 0 amide bonds. The number of para-hydroxylation sites is 2. The summed E-state index contributed by atoms with van der Waals surface area (Å²) in [6.45, 7) is 0. The molecule has 1 saturated carbocycles. The van der Waals surface area contributed by atoms with Gasteiger partial charge in [-0.3, -0.25) is 0 Å². The second-order valence-electron chi connectivity index (χ2n) is 7.82. The average Bonchev–Trinajstić information content (AvgIpc) is 3.15. The van der Waals surface area contributed by atoms with Gasteiger partial charge < -0.3 is 15.0 Å². The lowest BCUT2D eigenvalue weighted by molar-refractivity contribution is 0.124. The molecule has 2 aromatic heterocycles. The molecule has 1 aliphatic carbocycles. The van der Waals surface area contributed by atoms with Gasteiger partial charge in [-0.1, -0.05) is 48.0 Å². The van der Waals surface area contributed by atoms with Crippen LogP contribution in [0.25, 0.3) is 27.8 Å². The number of hydrogen-bond donors (Lipinski definition) is 2. The van der Waals surface area contributed by atoms with E-state index >= 15 is 0 Å². The van der Waals surface area contributed by atoms with E-state index in [1.807, 2.05) is 30.3 Å². The number of nitrogens with one attached hydrogen (secondary N) is 1. The van der Waals surface area contributed by atoms with Gasteiger partial charge in [-0.2, -0.15) is 0 Å². The lowest BCUT2D eigenvalue weighted by Gasteiger charge is -2.26. The van der Waals surface area contributed by atoms with Gasteiger partial charge in [0, 0.05) is 28.9 Å². The Bertz CT molecular complexity index is 1170. The van der Waals surface area contributed by atoms with Crippen LogP contribution in [0.5, 0.6) is 0 Å². The lowest BCUT2D eigenvalue weighted by Crippen LogP contribution is -2.30. The highest BCUT2D eigenvalue weighted by atomic mass is 35.5. The molecule has 0 bridgehead atoms. The molecular weight excluding hydrogens is 396 g/mol. The number of aliphatic hydroxyl groups excluding tert-OH is 1. The zero-order chi connectivity index (χ0) is 20.5. The maximum absolute atomic E-state index is 9.96. The van der Waals surface area contributed by atoms with Crippen molar-refractivity contribution in [1.29, 1.82) is 0 Å². The van der Waals surface area contributed by atoms with Crippen LogP contribution in [0.3, 0.4) is 0 Å². The van der Waals surface area contributed by atoms with E-state index in [0.29, 0.717) is 23.1 Å². The largest absolute Gasteiger partial charge is 0.393 e. The van der Waals surface area contributed by atoms with E-state index in [1.165, 1.54) is 0 Å². The van der Waals surface area contributed by atoms with Crippen LogP contribution in [0.1, 0.15) is 25.7 Å². The molecule has 2 N–H and O–H groups in total. The quantitative estimate of drug-likeness (QED) is 0.462. The van der Waals surface area contributed by atoms with Crippen LogP contribution in [0, 0.1) is 0 Å². The van der Waals surface area contributed by atoms with Crippen LogP contribution in [-0.4, -0.2) is 31.8 Å². The third-order valence-electron chi connectivity index (χ3n) is 5.73. The van der Waals surface area contributed by atoms with Gasteiger partial charge in [-0.15, -0.1) is 0 Å². The Morgan fingerprint density at radius 2 is 1.83 bits per heavy atom. The summed E-state index contributed by atoms with van der Waals surface area (Å²) >= 11 is 6.55. The molecule has 2 aromatic carbocycles. The van der Waals surface area contributed by atoms with Gasteiger partial charge in [-0.25, -0.2) is 9.97 Å². The Balaban J connectivity index is 1.57. The van der Waals surface area contributed by atoms with E-state index in [1.54, 1.807) is 6.20 Å². The maximum Gasteiger partial charge on any atom is 0.223 e.